The number of fused-ring (bicyclic) bond motifs is 1. The molecule has 2 amide bonds. The zero-order chi connectivity index (χ0) is 19.8. The molecule has 4 heterocycles. The van der Waals surface area contributed by atoms with E-state index in [0.29, 0.717) is 35.7 Å². The van der Waals surface area contributed by atoms with Crippen molar-refractivity contribution in [2.75, 3.05) is 19.6 Å². The van der Waals surface area contributed by atoms with Gasteiger partial charge in [0.05, 0.1) is 11.6 Å². The van der Waals surface area contributed by atoms with Crippen molar-refractivity contribution in [3.8, 4) is 0 Å². The Morgan fingerprint density at radius 3 is 2.71 bits per heavy atom. The minimum atomic E-state index is -1.05. The number of alkyl halides is 1. The van der Waals surface area contributed by atoms with Gasteiger partial charge in [0.1, 0.15) is 17.4 Å². The van der Waals surface area contributed by atoms with Crippen LogP contribution >= 0.6 is 11.6 Å². The molecule has 2 aliphatic rings. The third-order valence-electron chi connectivity index (χ3n) is 5.15. The molecule has 1 fully saturated rings. The summed E-state index contributed by atoms with van der Waals surface area (Å²) in [5.41, 5.74) is 1.19. The van der Waals surface area contributed by atoms with E-state index < -0.39 is 17.6 Å². The average molecular weight is 405 g/mol. The molecule has 2 aromatic rings. The van der Waals surface area contributed by atoms with Gasteiger partial charge in [-0.3, -0.25) is 14.4 Å². The predicted octanol–water partition coefficient (Wildman–Crippen LogP) is 1.81. The van der Waals surface area contributed by atoms with E-state index in [0.717, 1.165) is 0 Å². The summed E-state index contributed by atoms with van der Waals surface area (Å²) in [4.78, 5) is 47.4. The maximum Gasteiger partial charge on any atom is 0.272 e. The van der Waals surface area contributed by atoms with Crippen LogP contribution in [0.25, 0.3) is 0 Å². The fourth-order valence-corrected chi connectivity index (χ4v) is 3.80. The number of aromatic nitrogens is 2. The van der Waals surface area contributed by atoms with Gasteiger partial charge in [0.25, 0.3) is 17.4 Å². The van der Waals surface area contributed by atoms with Gasteiger partial charge < -0.3 is 14.8 Å². The standard InChI is InChI=1S/C19H18ClFN4O3/c20-12-1-2-15(22-8-12)18(27)24-6-4-14-11(9-24)7-23-17(26)16(14)19(28)25-5-3-13(21)10-25/h1-2,7-8,13H,3-6,9-10H2,(H,23,26)/t13-/m0/s1. The van der Waals surface area contributed by atoms with Crippen molar-refractivity contribution < 1.29 is 14.0 Å². The number of rotatable bonds is 2. The molecule has 146 valence electrons. The molecule has 1 saturated heterocycles. The van der Waals surface area contributed by atoms with Gasteiger partial charge in [-0.05, 0) is 36.1 Å². The summed E-state index contributed by atoms with van der Waals surface area (Å²) in [7, 11) is 0. The van der Waals surface area contributed by atoms with E-state index in [2.05, 4.69) is 9.97 Å². The van der Waals surface area contributed by atoms with Crippen LogP contribution < -0.4 is 5.56 Å². The number of carbonyl (C=O) groups excluding carboxylic acids is 2. The second-order valence-corrected chi connectivity index (χ2v) is 7.41. The summed E-state index contributed by atoms with van der Waals surface area (Å²) in [5, 5.41) is 0.443. The topological polar surface area (TPSA) is 86.4 Å². The molecule has 0 aliphatic carbocycles. The number of hydrogen-bond donors (Lipinski definition) is 1. The Labute approximate surface area is 165 Å². The first-order valence-corrected chi connectivity index (χ1v) is 9.39. The summed E-state index contributed by atoms with van der Waals surface area (Å²) >= 11 is 5.81. The second-order valence-electron chi connectivity index (χ2n) is 6.97. The summed E-state index contributed by atoms with van der Waals surface area (Å²) in [6, 6.07) is 3.16. The molecule has 2 aromatic heterocycles. The van der Waals surface area contributed by atoms with Crippen molar-refractivity contribution in [1.82, 2.24) is 19.8 Å². The maximum atomic E-state index is 13.5. The van der Waals surface area contributed by atoms with Crippen molar-refractivity contribution in [1.29, 1.82) is 0 Å². The largest absolute Gasteiger partial charge is 0.335 e. The van der Waals surface area contributed by atoms with Gasteiger partial charge in [-0.2, -0.15) is 0 Å². The molecular weight excluding hydrogens is 387 g/mol. The molecule has 1 atom stereocenters. The van der Waals surface area contributed by atoms with Crippen molar-refractivity contribution in [2.24, 2.45) is 0 Å². The number of H-pyrrole nitrogens is 1. The van der Waals surface area contributed by atoms with Crippen LogP contribution in [-0.4, -0.2) is 57.4 Å². The molecule has 0 bridgehead atoms. The zero-order valence-electron chi connectivity index (χ0n) is 15.0. The number of carbonyl (C=O) groups is 2. The number of halogens is 2. The van der Waals surface area contributed by atoms with Crippen molar-refractivity contribution >= 4 is 23.4 Å². The average Bonchev–Trinajstić information content (AvgIpc) is 3.13. The quantitative estimate of drug-likeness (QED) is 0.827. The van der Waals surface area contributed by atoms with E-state index in [-0.39, 0.29) is 36.7 Å². The molecule has 0 saturated carbocycles. The van der Waals surface area contributed by atoms with Gasteiger partial charge in [0.15, 0.2) is 0 Å². The van der Waals surface area contributed by atoms with E-state index in [9.17, 15) is 18.8 Å². The molecule has 0 unspecified atom stereocenters. The van der Waals surface area contributed by atoms with Crippen LogP contribution in [0, 0.1) is 0 Å². The van der Waals surface area contributed by atoms with Gasteiger partial charge in [-0.1, -0.05) is 11.6 Å². The molecule has 0 radical (unpaired) electrons. The van der Waals surface area contributed by atoms with Crippen LogP contribution in [0.5, 0.6) is 0 Å². The summed E-state index contributed by atoms with van der Waals surface area (Å²) in [6.07, 6.45) is 2.55. The number of nitrogens with zero attached hydrogens (tertiary/aromatic N) is 3. The number of likely N-dealkylation sites (tertiary alicyclic amines) is 1. The first-order valence-electron chi connectivity index (χ1n) is 9.01. The van der Waals surface area contributed by atoms with Crippen LogP contribution in [-0.2, 0) is 13.0 Å². The number of amides is 2. The Morgan fingerprint density at radius 1 is 1.21 bits per heavy atom. The first kappa shape index (κ1) is 18.6. The minimum Gasteiger partial charge on any atom is -0.335 e. The Bertz CT molecular complexity index is 992. The van der Waals surface area contributed by atoms with E-state index >= 15 is 0 Å². The molecule has 1 N–H and O–H groups in total. The molecule has 28 heavy (non-hydrogen) atoms. The highest BCUT2D eigenvalue weighted by molar-refractivity contribution is 6.30. The summed E-state index contributed by atoms with van der Waals surface area (Å²) in [6.45, 7) is 0.914. The van der Waals surface area contributed by atoms with E-state index in [1.165, 1.54) is 17.3 Å². The number of aromatic amines is 1. The highest BCUT2D eigenvalue weighted by atomic mass is 35.5. The van der Waals surface area contributed by atoms with E-state index in [1.54, 1.807) is 17.0 Å². The van der Waals surface area contributed by atoms with Crippen LogP contribution in [0.15, 0.2) is 29.3 Å². The number of hydrogen-bond acceptors (Lipinski definition) is 4. The molecule has 2 aliphatic heterocycles. The van der Waals surface area contributed by atoms with Crippen molar-refractivity contribution in [3.05, 3.63) is 62.3 Å². The normalized spacial score (nSPS) is 18.9. The Hall–Kier alpha value is -2.74. The van der Waals surface area contributed by atoms with Crippen molar-refractivity contribution in [3.63, 3.8) is 0 Å². The summed E-state index contributed by atoms with van der Waals surface area (Å²) in [5.74, 6) is -0.696. The number of nitrogens with one attached hydrogen (secondary N) is 1. The van der Waals surface area contributed by atoms with Gasteiger partial charge in [0.2, 0.25) is 0 Å². The highest BCUT2D eigenvalue weighted by Crippen LogP contribution is 2.24. The van der Waals surface area contributed by atoms with Gasteiger partial charge in [0, 0.05) is 32.0 Å². The van der Waals surface area contributed by atoms with Gasteiger partial charge in [-0.25, -0.2) is 9.37 Å². The van der Waals surface area contributed by atoms with E-state index in [1.807, 2.05) is 0 Å². The monoisotopic (exact) mass is 404 g/mol. The molecule has 7 nitrogen and oxygen atoms in total. The highest BCUT2D eigenvalue weighted by Gasteiger charge is 2.32. The lowest BCUT2D eigenvalue weighted by Gasteiger charge is -2.30. The molecule has 4 rings (SSSR count). The Kier molecular flexibility index (Phi) is 4.89. The van der Waals surface area contributed by atoms with Gasteiger partial charge >= 0.3 is 0 Å². The molecular formula is C19H18ClFN4O3. The smallest absolute Gasteiger partial charge is 0.272 e. The number of pyridine rings is 2. The third-order valence-corrected chi connectivity index (χ3v) is 5.38. The zero-order valence-corrected chi connectivity index (χ0v) is 15.7. The molecule has 0 spiro atoms. The molecule has 0 aromatic carbocycles. The Balaban J connectivity index is 1.60. The molecule has 9 heteroatoms. The maximum absolute atomic E-state index is 13.5. The SMILES string of the molecule is O=C(c1ccc(Cl)cn1)N1CCc2c(c[nH]c(=O)c2C(=O)N2CC[C@H](F)C2)C1. The van der Waals surface area contributed by atoms with E-state index in [4.69, 9.17) is 11.6 Å². The fourth-order valence-electron chi connectivity index (χ4n) is 3.69. The van der Waals surface area contributed by atoms with Crippen LogP contribution in [0.3, 0.4) is 0 Å². The lowest BCUT2D eigenvalue weighted by molar-refractivity contribution is 0.0727. The summed E-state index contributed by atoms with van der Waals surface area (Å²) < 4.78 is 13.5. The van der Waals surface area contributed by atoms with Crippen LogP contribution in [0.1, 0.15) is 38.4 Å². The third kappa shape index (κ3) is 3.40. The Morgan fingerprint density at radius 2 is 2.04 bits per heavy atom. The first-order chi connectivity index (χ1) is 13.4. The van der Waals surface area contributed by atoms with Gasteiger partial charge in [-0.15, -0.1) is 0 Å². The predicted molar refractivity (Wildman–Crippen MR) is 100 cm³/mol. The second kappa shape index (κ2) is 7.35. The van der Waals surface area contributed by atoms with Crippen LogP contribution in [0.4, 0.5) is 4.39 Å². The lowest BCUT2D eigenvalue weighted by atomic mass is 9.96. The fraction of sp³-hybridized carbons (Fsp3) is 0.368. The minimum absolute atomic E-state index is 0.00872. The van der Waals surface area contributed by atoms with Crippen molar-refractivity contribution in [2.45, 2.75) is 25.6 Å². The van der Waals surface area contributed by atoms with Crippen LogP contribution in [0.2, 0.25) is 5.02 Å². The lowest BCUT2D eigenvalue weighted by Crippen LogP contribution is -2.40.